The molecule has 0 saturated heterocycles. The van der Waals surface area contributed by atoms with Crippen LogP contribution in [0.25, 0.3) is 0 Å². The summed E-state index contributed by atoms with van der Waals surface area (Å²) in [7, 11) is 0. The Morgan fingerprint density at radius 2 is 2.00 bits per heavy atom. The van der Waals surface area contributed by atoms with Gasteiger partial charge in [0.2, 0.25) is 0 Å². The van der Waals surface area contributed by atoms with Crippen molar-refractivity contribution in [2.75, 3.05) is 6.61 Å². The van der Waals surface area contributed by atoms with E-state index in [1.165, 1.54) is 12.1 Å². The van der Waals surface area contributed by atoms with E-state index in [-0.39, 0.29) is 18.2 Å². The Balaban J connectivity index is 2.51. The molecule has 7 heteroatoms. The normalized spacial score (nSPS) is 13.3. The molecule has 0 aliphatic rings. The van der Waals surface area contributed by atoms with Crippen molar-refractivity contribution >= 4 is 5.84 Å². The van der Waals surface area contributed by atoms with Gasteiger partial charge in [-0.15, -0.1) is 0 Å². The molecule has 0 saturated carbocycles. The van der Waals surface area contributed by atoms with Crippen LogP contribution in [0.3, 0.4) is 0 Å². The maximum absolute atomic E-state index is 12.5. The molecule has 21 heavy (non-hydrogen) atoms. The average molecular weight is 304 g/mol. The van der Waals surface area contributed by atoms with Gasteiger partial charge in [-0.05, 0) is 31.0 Å². The molecule has 3 N–H and O–H groups in total. The van der Waals surface area contributed by atoms with Gasteiger partial charge < -0.3 is 15.7 Å². The Kier molecular flexibility index (Phi) is 5.46. The molecule has 4 nitrogen and oxygen atoms in total. The highest BCUT2D eigenvalue weighted by Crippen LogP contribution is 2.31. The van der Waals surface area contributed by atoms with E-state index >= 15 is 0 Å². The highest BCUT2D eigenvalue weighted by atomic mass is 19.4. The molecule has 0 aromatic heterocycles. The number of nitrogens with two attached hydrogens (primary N) is 1. The van der Waals surface area contributed by atoms with E-state index in [1.54, 1.807) is 0 Å². The van der Waals surface area contributed by atoms with Crippen molar-refractivity contribution in [2.45, 2.75) is 32.9 Å². The summed E-state index contributed by atoms with van der Waals surface area (Å²) >= 11 is 0. The first-order valence-electron chi connectivity index (χ1n) is 6.45. The van der Waals surface area contributed by atoms with Gasteiger partial charge in [-0.2, -0.15) is 13.2 Å². The van der Waals surface area contributed by atoms with E-state index in [0.717, 1.165) is 12.1 Å². The molecule has 0 aliphatic carbocycles. The summed E-state index contributed by atoms with van der Waals surface area (Å²) in [6.07, 6.45) is -3.23. The van der Waals surface area contributed by atoms with Gasteiger partial charge in [0.25, 0.3) is 0 Å². The van der Waals surface area contributed by atoms with Crippen molar-refractivity contribution in [3.8, 4) is 5.75 Å². The fourth-order valence-corrected chi connectivity index (χ4v) is 1.73. The Labute approximate surface area is 121 Å². The number of amidine groups is 1. The van der Waals surface area contributed by atoms with Crippen LogP contribution in [0.4, 0.5) is 13.2 Å². The third-order valence-electron chi connectivity index (χ3n) is 3.18. The van der Waals surface area contributed by atoms with Gasteiger partial charge >= 0.3 is 6.18 Å². The molecule has 0 bridgehead atoms. The predicted octanol–water partition coefficient (Wildman–Crippen LogP) is 3.64. The Morgan fingerprint density at radius 3 is 2.57 bits per heavy atom. The molecular weight excluding hydrogens is 285 g/mol. The first kappa shape index (κ1) is 17.1. The molecule has 1 aromatic carbocycles. The van der Waals surface area contributed by atoms with Crippen LogP contribution in [0.2, 0.25) is 0 Å². The first-order chi connectivity index (χ1) is 9.66. The van der Waals surface area contributed by atoms with Gasteiger partial charge in [0, 0.05) is 5.41 Å². The van der Waals surface area contributed by atoms with Crippen molar-refractivity contribution < 1.29 is 23.1 Å². The monoisotopic (exact) mass is 304 g/mol. The summed E-state index contributed by atoms with van der Waals surface area (Å²) < 4.78 is 42.9. The molecule has 1 aromatic rings. The first-order valence-corrected chi connectivity index (χ1v) is 6.45. The van der Waals surface area contributed by atoms with Gasteiger partial charge in [-0.25, -0.2) is 0 Å². The second kappa shape index (κ2) is 6.69. The van der Waals surface area contributed by atoms with Gasteiger partial charge in [-0.3, -0.25) is 0 Å². The largest absolute Gasteiger partial charge is 0.494 e. The van der Waals surface area contributed by atoms with Crippen LogP contribution in [0.1, 0.15) is 32.3 Å². The summed E-state index contributed by atoms with van der Waals surface area (Å²) in [6, 6.07) is 4.74. The zero-order valence-corrected chi connectivity index (χ0v) is 11.9. The smallest absolute Gasteiger partial charge is 0.416 e. The van der Waals surface area contributed by atoms with Gasteiger partial charge in [0.1, 0.15) is 11.6 Å². The van der Waals surface area contributed by atoms with Crippen molar-refractivity contribution in [2.24, 2.45) is 16.3 Å². The molecule has 0 atom stereocenters. The molecule has 0 spiro atoms. The fraction of sp³-hybridized carbons (Fsp3) is 0.500. The summed E-state index contributed by atoms with van der Waals surface area (Å²) in [4.78, 5) is 0. The minimum Gasteiger partial charge on any atom is -0.494 e. The quantitative estimate of drug-likeness (QED) is 0.277. The standard InChI is InChI=1S/C14H19F3N2O2/c1-13(2,12(18)19-20)7-4-8-21-11-6-3-5-10(9-11)14(15,16)17/h3,5-6,9,20H,4,7-8H2,1-2H3,(H2,18,19). The zero-order valence-electron chi connectivity index (χ0n) is 11.9. The highest BCUT2D eigenvalue weighted by molar-refractivity contribution is 5.85. The fourth-order valence-electron chi connectivity index (χ4n) is 1.73. The zero-order chi connectivity index (χ0) is 16.1. The molecule has 1 rings (SSSR count). The third kappa shape index (κ3) is 5.17. The van der Waals surface area contributed by atoms with E-state index in [9.17, 15) is 13.2 Å². The van der Waals surface area contributed by atoms with E-state index in [4.69, 9.17) is 15.7 Å². The Bertz CT molecular complexity index is 499. The molecule has 0 unspecified atom stereocenters. The number of oxime groups is 1. The number of hydrogen-bond donors (Lipinski definition) is 2. The van der Waals surface area contributed by atoms with E-state index in [0.29, 0.717) is 12.8 Å². The molecular formula is C14H19F3N2O2. The van der Waals surface area contributed by atoms with Crippen molar-refractivity contribution in [1.29, 1.82) is 0 Å². The maximum atomic E-state index is 12.5. The average Bonchev–Trinajstić information content (AvgIpc) is 2.42. The van der Waals surface area contributed by atoms with E-state index in [2.05, 4.69) is 5.16 Å². The summed E-state index contributed by atoms with van der Waals surface area (Å²) in [6.45, 7) is 3.88. The SMILES string of the molecule is CC(C)(CCCOc1cccc(C(F)(F)F)c1)C(N)=NO. The van der Waals surface area contributed by atoms with Crippen molar-refractivity contribution in [3.05, 3.63) is 29.8 Å². The van der Waals surface area contributed by atoms with Gasteiger partial charge in [0.05, 0.1) is 12.2 Å². The maximum Gasteiger partial charge on any atom is 0.416 e. The minimum atomic E-state index is -4.38. The lowest BCUT2D eigenvalue weighted by Gasteiger charge is -2.22. The van der Waals surface area contributed by atoms with Crippen LogP contribution in [-0.4, -0.2) is 17.6 Å². The lowest BCUT2D eigenvalue weighted by Crippen LogP contribution is -2.32. The Hall–Kier alpha value is -1.92. The number of hydrogen-bond acceptors (Lipinski definition) is 3. The molecule has 0 radical (unpaired) electrons. The molecule has 0 amide bonds. The Morgan fingerprint density at radius 1 is 1.33 bits per heavy atom. The van der Waals surface area contributed by atoms with Crippen molar-refractivity contribution in [3.63, 3.8) is 0 Å². The van der Waals surface area contributed by atoms with E-state index < -0.39 is 17.2 Å². The lowest BCUT2D eigenvalue weighted by molar-refractivity contribution is -0.137. The second-order valence-corrected chi connectivity index (χ2v) is 5.35. The second-order valence-electron chi connectivity index (χ2n) is 5.35. The van der Waals surface area contributed by atoms with Gasteiger partial charge in [0.15, 0.2) is 0 Å². The molecule has 118 valence electrons. The van der Waals surface area contributed by atoms with Crippen LogP contribution in [0.15, 0.2) is 29.4 Å². The van der Waals surface area contributed by atoms with Crippen LogP contribution >= 0.6 is 0 Å². The van der Waals surface area contributed by atoms with E-state index in [1.807, 2.05) is 13.8 Å². The van der Waals surface area contributed by atoms with Crippen LogP contribution in [-0.2, 0) is 6.18 Å². The summed E-state index contributed by atoms with van der Waals surface area (Å²) in [5, 5.41) is 11.6. The van der Waals surface area contributed by atoms with Crippen LogP contribution in [0, 0.1) is 5.41 Å². The molecule has 0 fully saturated rings. The summed E-state index contributed by atoms with van der Waals surface area (Å²) in [5.41, 5.74) is 4.31. The lowest BCUT2D eigenvalue weighted by atomic mass is 9.87. The molecule has 0 aliphatic heterocycles. The molecule has 0 heterocycles. The summed E-state index contributed by atoms with van der Waals surface area (Å²) in [5.74, 6) is 0.285. The predicted molar refractivity (Wildman–Crippen MR) is 73.4 cm³/mol. The third-order valence-corrected chi connectivity index (χ3v) is 3.18. The number of alkyl halides is 3. The highest BCUT2D eigenvalue weighted by Gasteiger charge is 2.30. The number of nitrogens with zero attached hydrogens (tertiary/aromatic N) is 1. The minimum absolute atomic E-state index is 0.113. The number of halogens is 3. The van der Waals surface area contributed by atoms with Crippen molar-refractivity contribution in [1.82, 2.24) is 0 Å². The number of ether oxygens (including phenoxy) is 1. The topological polar surface area (TPSA) is 67.8 Å². The number of benzene rings is 1. The van der Waals surface area contributed by atoms with Crippen LogP contribution in [0.5, 0.6) is 5.75 Å². The van der Waals surface area contributed by atoms with Crippen LogP contribution < -0.4 is 10.5 Å². The number of rotatable bonds is 6. The van der Waals surface area contributed by atoms with Gasteiger partial charge in [-0.1, -0.05) is 25.1 Å².